The van der Waals surface area contributed by atoms with Crippen LogP contribution in [0.1, 0.15) is 6.92 Å². The molecule has 0 atom stereocenters. The molecule has 0 aliphatic heterocycles. The van der Waals surface area contributed by atoms with Gasteiger partial charge in [-0.25, -0.2) is 0 Å². The Morgan fingerprint density at radius 3 is 2.69 bits per heavy atom. The van der Waals surface area contributed by atoms with Crippen LogP contribution < -0.4 is 17.2 Å². The van der Waals surface area contributed by atoms with Crippen molar-refractivity contribution < 1.29 is 4.74 Å². The SMILES string of the molecule is CO/C(N)=C(/C=C(/C)N)Cn1cc(N)cn1. The molecule has 0 amide bonds. The first-order valence-corrected chi connectivity index (χ1v) is 4.77. The van der Waals surface area contributed by atoms with Gasteiger partial charge < -0.3 is 21.9 Å². The summed E-state index contributed by atoms with van der Waals surface area (Å²) < 4.78 is 6.64. The fraction of sp³-hybridized carbons (Fsp3) is 0.300. The lowest BCUT2D eigenvalue weighted by molar-refractivity contribution is 0.281. The van der Waals surface area contributed by atoms with Crippen molar-refractivity contribution in [1.29, 1.82) is 0 Å². The van der Waals surface area contributed by atoms with E-state index in [4.69, 9.17) is 21.9 Å². The standard InChI is InChI=1S/C10H17N5O/c1-7(11)3-8(10(13)16-2)5-15-6-9(12)4-14-15/h3-4,6H,5,11-13H2,1-2H3/b7-3-,10-8-. The second kappa shape index (κ2) is 5.11. The van der Waals surface area contributed by atoms with E-state index in [-0.39, 0.29) is 0 Å². The zero-order valence-electron chi connectivity index (χ0n) is 9.47. The van der Waals surface area contributed by atoms with Crippen LogP contribution in [0.5, 0.6) is 0 Å². The predicted octanol–water partition coefficient (Wildman–Crippen LogP) is 0.144. The smallest absolute Gasteiger partial charge is 0.188 e. The van der Waals surface area contributed by atoms with Crippen molar-refractivity contribution in [2.45, 2.75) is 13.5 Å². The number of methoxy groups -OCH3 is 1. The second-order valence-electron chi connectivity index (χ2n) is 3.45. The molecule has 0 saturated heterocycles. The van der Waals surface area contributed by atoms with E-state index in [0.717, 1.165) is 5.57 Å². The number of nitrogens with zero attached hydrogens (tertiary/aromatic N) is 2. The van der Waals surface area contributed by atoms with E-state index in [1.165, 1.54) is 7.11 Å². The lowest BCUT2D eigenvalue weighted by Crippen LogP contribution is -2.10. The van der Waals surface area contributed by atoms with Crippen LogP contribution in [0.4, 0.5) is 5.69 Å². The summed E-state index contributed by atoms with van der Waals surface area (Å²) in [6.07, 6.45) is 5.03. The molecular weight excluding hydrogens is 206 g/mol. The lowest BCUT2D eigenvalue weighted by Gasteiger charge is -2.08. The summed E-state index contributed by atoms with van der Waals surface area (Å²) >= 11 is 0. The summed E-state index contributed by atoms with van der Waals surface area (Å²) in [6, 6.07) is 0. The highest BCUT2D eigenvalue weighted by molar-refractivity contribution is 5.31. The maximum atomic E-state index is 5.71. The Labute approximate surface area is 94.3 Å². The van der Waals surface area contributed by atoms with Gasteiger partial charge in [0.25, 0.3) is 0 Å². The lowest BCUT2D eigenvalue weighted by atomic mass is 10.2. The fourth-order valence-electron chi connectivity index (χ4n) is 1.24. The molecule has 0 aromatic carbocycles. The van der Waals surface area contributed by atoms with E-state index < -0.39 is 0 Å². The number of ether oxygens (including phenoxy) is 1. The van der Waals surface area contributed by atoms with Crippen LogP contribution in [0, 0.1) is 0 Å². The summed E-state index contributed by atoms with van der Waals surface area (Å²) in [5.41, 5.74) is 18.9. The van der Waals surface area contributed by atoms with E-state index in [1.807, 2.05) is 0 Å². The van der Waals surface area contributed by atoms with Crippen molar-refractivity contribution in [2.75, 3.05) is 12.8 Å². The highest BCUT2D eigenvalue weighted by Crippen LogP contribution is 2.09. The van der Waals surface area contributed by atoms with Crippen LogP contribution in [-0.4, -0.2) is 16.9 Å². The van der Waals surface area contributed by atoms with E-state index in [9.17, 15) is 0 Å². The first-order chi connectivity index (χ1) is 7.52. The minimum absolute atomic E-state index is 0.318. The summed E-state index contributed by atoms with van der Waals surface area (Å²) in [4.78, 5) is 0. The van der Waals surface area contributed by atoms with Crippen LogP contribution in [0.3, 0.4) is 0 Å². The Hall–Kier alpha value is -2.11. The molecule has 1 aromatic heterocycles. The molecule has 0 spiro atoms. The van der Waals surface area contributed by atoms with Gasteiger partial charge in [-0.1, -0.05) is 0 Å². The Balaban J connectivity index is 2.92. The highest BCUT2D eigenvalue weighted by atomic mass is 16.5. The zero-order chi connectivity index (χ0) is 12.1. The third-order valence-corrected chi connectivity index (χ3v) is 1.92. The Morgan fingerprint density at radius 2 is 2.25 bits per heavy atom. The van der Waals surface area contributed by atoms with Gasteiger partial charge in [0.1, 0.15) is 0 Å². The molecule has 6 nitrogen and oxygen atoms in total. The van der Waals surface area contributed by atoms with Gasteiger partial charge in [-0.2, -0.15) is 5.10 Å². The van der Waals surface area contributed by atoms with Crippen molar-refractivity contribution in [3.05, 3.63) is 35.6 Å². The van der Waals surface area contributed by atoms with Crippen molar-refractivity contribution in [3.8, 4) is 0 Å². The van der Waals surface area contributed by atoms with Gasteiger partial charge in [-0.3, -0.25) is 4.68 Å². The summed E-state index contributed by atoms with van der Waals surface area (Å²) in [5, 5.41) is 4.06. The summed E-state index contributed by atoms with van der Waals surface area (Å²) in [7, 11) is 1.51. The quantitative estimate of drug-likeness (QED) is 0.497. The van der Waals surface area contributed by atoms with Crippen LogP contribution in [0.25, 0.3) is 0 Å². The molecule has 0 aliphatic carbocycles. The highest BCUT2D eigenvalue weighted by Gasteiger charge is 2.04. The first kappa shape index (κ1) is 12.0. The van der Waals surface area contributed by atoms with Gasteiger partial charge in [0.15, 0.2) is 5.88 Å². The maximum absolute atomic E-state index is 5.71. The van der Waals surface area contributed by atoms with Crippen LogP contribution in [0.2, 0.25) is 0 Å². The van der Waals surface area contributed by atoms with E-state index in [0.29, 0.717) is 23.8 Å². The molecule has 1 heterocycles. The number of hydrogen-bond donors (Lipinski definition) is 3. The fourth-order valence-corrected chi connectivity index (χ4v) is 1.24. The molecular formula is C10H17N5O. The number of nitrogens with two attached hydrogens (primary N) is 3. The van der Waals surface area contributed by atoms with Gasteiger partial charge in [0.05, 0.1) is 25.5 Å². The molecule has 0 fully saturated rings. The minimum atomic E-state index is 0.318. The molecule has 0 bridgehead atoms. The summed E-state index contributed by atoms with van der Waals surface area (Å²) in [5.74, 6) is 0.318. The third kappa shape index (κ3) is 3.23. The second-order valence-corrected chi connectivity index (χ2v) is 3.45. The van der Waals surface area contributed by atoms with Gasteiger partial charge in [0.2, 0.25) is 0 Å². The average Bonchev–Trinajstić information content (AvgIpc) is 2.61. The minimum Gasteiger partial charge on any atom is -0.482 e. The Bertz CT molecular complexity index is 415. The molecule has 0 aliphatic rings. The van der Waals surface area contributed by atoms with Gasteiger partial charge in [0, 0.05) is 17.5 Å². The van der Waals surface area contributed by atoms with Crippen molar-refractivity contribution in [2.24, 2.45) is 11.5 Å². The van der Waals surface area contributed by atoms with E-state index in [1.54, 1.807) is 30.1 Å². The molecule has 1 aromatic rings. The average molecular weight is 223 g/mol. The van der Waals surface area contributed by atoms with Gasteiger partial charge in [-0.15, -0.1) is 0 Å². The number of anilines is 1. The molecule has 1 rings (SSSR count). The molecule has 88 valence electrons. The molecule has 0 saturated carbocycles. The van der Waals surface area contributed by atoms with Gasteiger partial charge in [-0.05, 0) is 13.0 Å². The third-order valence-electron chi connectivity index (χ3n) is 1.92. The Morgan fingerprint density at radius 1 is 1.56 bits per heavy atom. The monoisotopic (exact) mass is 223 g/mol. The Kier molecular flexibility index (Phi) is 3.82. The van der Waals surface area contributed by atoms with Crippen molar-refractivity contribution in [1.82, 2.24) is 9.78 Å². The predicted molar refractivity (Wildman–Crippen MR) is 62.8 cm³/mol. The van der Waals surface area contributed by atoms with Crippen LogP contribution in [-0.2, 0) is 11.3 Å². The first-order valence-electron chi connectivity index (χ1n) is 4.77. The molecule has 6 heteroatoms. The van der Waals surface area contributed by atoms with Crippen molar-refractivity contribution in [3.63, 3.8) is 0 Å². The number of rotatable bonds is 4. The number of hydrogen-bond acceptors (Lipinski definition) is 5. The molecule has 6 N–H and O–H groups in total. The topological polar surface area (TPSA) is 105 Å². The largest absolute Gasteiger partial charge is 0.482 e. The number of aromatic nitrogens is 2. The molecule has 16 heavy (non-hydrogen) atoms. The molecule has 0 radical (unpaired) electrons. The van der Waals surface area contributed by atoms with Crippen LogP contribution in [0.15, 0.2) is 35.6 Å². The number of allylic oxidation sites excluding steroid dienone is 3. The van der Waals surface area contributed by atoms with E-state index >= 15 is 0 Å². The number of nitrogen functional groups attached to an aromatic ring is 1. The maximum Gasteiger partial charge on any atom is 0.188 e. The summed E-state index contributed by atoms with van der Waals surface area (Å²) in [6.45, 7) is 2.24. The van der Waals surface area contributed by atoms with Crippen LogP contribution >= 0.6 is 0 Å². The normalized spacial score (nSPS) is 13.5. The van der Waals surface area contributed by atoms with Gasteiger partial charge >= 0.3 is 0 Å². The zero-order valence-corrected chi connectivity index (χ0v) is 9.47. The van der Waals surface area contributed by atoms with E-state index in [2.05, 4.69) is 5.10 Å². The van der Waals surface area contributed by atoms with Crippen molar-refractivity contribution >= 4 is 5.69 Å². The molecule has 0 unspecified atom stereocenters.